The molecule has 2 heterocycles. The highest BCUT2D eigenvalue weighted by Crippen LogP contribution is 2.21. The minimum Gasteiger partial charge on any atom is -0.368 e. The Balaban J connectivity index is 1.28. The molecule has 1 saturated heterocycles. The molecule has 3 aromatic carbocycles. The Morgan fingerprint density at radius 1 is 0.833 bits per heavy atom. The summed E-state index contributed by atoms with van der Waals surface area (Å²) in [6, 6.07) is 24.4. The third kappa shape index (κ3) is 3.43. The zero-order valence-corrected chi connectivity index (χ0v) is 17.0. The van der Waals surface area contributed by atoms with Crippen molar-refractivity contribution < 1.29 is 4.79 Å². The average Bonchev–Trinajstić information content (AvgIpc) is 3.23. The second-order valence-electron chi connectivity index (χ2n) is 7.77. The molecule has 5 heteroatoms. The van der Waals surface area contributed by atoms with Gasteiger partial charge in [-0.15, -0.1) is 0 Å². The minimum absolute atomic E-state index is 0.0981. The Labute approximate surface area is 176 Å². The number of piperazine rings is 1. The highest BCUT2D eigenvalue weighted by Gasteiger charge is 2.22. The van der Waals surface area contributed by atoms with E-state index in [2.05, 4.69) is 47.1 Å². The number of amides is 1. The monoisotopic (exact) mass is 396 g/mol. The predicted molar refractivity (Wildman–Crippen MR) is 120 cm³/mol. The summed E-state index contributed by atoms with van der Waals surface area (Å²) in [6.07, 6.45) is 1.83. The van der Waals surface area contributed by atoms with E-state index >= 15 is 0 Å². The number of benzene rings is 3. The molecule has 5 rings (SSSR count). The van der Waals surface area contributed by atoms with Crippen LogP contribution >= 0.6 is 0 Å². The zero-order chi connectivity index (χ0) is 20.5. The van der Waals surface area contributed by atoms with Crippen LogP contribution in [0, 0.1) is 6.92 Å². The van der Waals surface area contributed by atoms with E-state index in [0.717, 1.165) is 48.5 Å². The van der Waals surface area contributed by atoms with E-state index in [1.165, 1.54) is 11.3 Å². The summed E-state index contributed by atoms with van der Waals surface area (Å²) in [5.41, 5.74) is 6.25. The van der Waals surface area contributed by atoms with Gasteiger partial charge in [0.15, 0.2) is 0 Å². The predicted octanol–water partition coefficient (Wildman–Crippen LogP) is 4.30. The summed E-state index contributed by atoms with van der Waals surface area (Å²) in [5.74, 6) is 0.0981. The SMILES string of the molecule is Cc1cccc(N2CCN(C(=O)c3ccc(-n4cnc5ccccc54)cc3)CC2)c1. The smallest absolute Gasteiger partial charge is 0.253 e. The van der Waals surface area contributed by atoms with Gasteiger partial charge < -0.3 is 9.80 Å². The molecule has 1 fully saturated rings. The number of imidazole rings is 1. The van der Waals surface area contributed by atoms with E-state index in [9.17, 15) is 4.79 Å². The van der Waals surface area contributed by atoms with Gasteiger partial charge in [-0.2, -0.15) is 0 Å². The van der Waals surface area contributed by atoms with Gasteiger partial charge in [-0.25, -0.2) is 4.98 Å². The zero-order valence-electron chi connectivity index (χ0n) is 17.0. The van der Waals surface area contributed by atoms with E-state index in [1.54, 1.807) is 0 Å². The molecular formula is C25H24N4O. The third-order valence-electron chi connectivity index (χ3n) is 5.78. The molecule has 0 aliphatic carbocycles. The Morgan fingerprint density at radius 2 is 1.60 bits per heavy atom. The Hall–Kier alpha value is -3.60. The molecule has 30 heavy (non-hydrogen) atoms. The highest BCUT2D eigenvalue weighted by atomic mass is 16.2. The second-order valence-corrected chi connectivity index (χ2v) is 7.77. The molecule has 0 N–H and O–H groups in total. The van der Waals surface area contributed by atoms with Crippen molar-refractivity contribution in [1.82, 2.24) is 14.5 Å². The maximum Gasteiger partial charge on any atom is 0.253 e. The van der Waals surface area contributed by atoms with Crippen LogP contribution in [0.15, 0.2) is 79.1 Å². The number of aryl methyl sites for hydroxylation is 1. The first kappa shape index (κ1) is 18.4. The Bertz CT molecular complexity index is 1190. The first-order chi connectivity index (χ1) is 14.7. The standard InChI is InChI=1S/C25H24N4O/c1-19-5-4-6-22(17-19)27-13-15-28(16-14-27)25(30)20-9-11-21(12-10-20)29-18-26-23-7-2-3-8-24(23)29/h2-12,17-18H,13-16H2,1H3. The summed E-state index contributed by atoms with van der Waals surface area (Å²) in [6.45, 7) is 5.30. The van der Waals surface area contributed by atoms with Crippen LogP contribution in [0.5, 0.6) is 0 Å². The average molecular weight is 396 g/mol. The van der Waals surface area contributed by atoms with Crippen LogP contribution in [-0.4, -0.2) is 46.5 Å². The Kier molecular flexibility index (Phi) is 4.71. The number of hydrogen-bond acceptors (Lipinski definition) is 3. The van der Waals surface area contributed by atoms with Gasteiger partial charge in [0.1, 0.15) is 6.33 Å². The van der Waals surface area contributed by atoms with Gasteiger partial charge in [-0.1, -0.05) is 24.3 Å². The topological polar surface area (TPSA) is 41.4 Å². The summed E-state index contributed by atoms with van der Waals surface area (Å²) in [4.78, 5) is 21.7. The lowest BCUT2D eigenvalue weighted by molar-refractivity contribution is 0.0747. The van der Waals surface area contributed by atoms with Crippen LogP contribution in [0.25, 0.3) is 16.7 Å². The van der Waals surface area contributed by atoms with Gasteiger partial charge >= 0.3 is 0 Å². The number of rotatable bonds is 3. The molecular weight excluding hydrogens is 372 g/mol. The molecule has 1 amide bonds. The summed E-state index contributed by atoms with van der Waals surface area (Å²) < 4.78 is 2.05. The van der Waals surface area contributed by atoms with Crippen LogP contribution in [0.1, 0.15) is 15.9 Å². The quantitative estimate of drug-likeness (QED) is 0.519. The van der Waals surface area contributed by atoms with Crippen molar-refractivity contribution in [3.05, 3.63) is 90.3 Å². The normalized spacial score (nSPS) is 14.3. The number of carbonyl (C=O) groups excluding carboxylic acids is 1. The van der Waals surface area contributed by atoms with E-state index in [4.69, 9.17) is 0 Å². The number of anilines is 1. The number of nitrogens with zero attached hydrogens (tertiary/aromatic N) is 4. The van der Waals surface area contributed by atoms with Gasteiger partial charge in [0.25, 0.3) is 5.91 Å². The summed E-state index contributed by atoms with van der Waals surface area (Å²) in [7, 11) is 0. The van der Waals surface area contributed by atoms with Crippen molar-refractivity contribution in [1.29, 1.82) is 0 Å². The maximum atomic E-state index is 13.0. The minimum atomic E-state index is 0.0981. The highest BCUT2D eigenvalue weighted by molar-refractivity contribution is 5.94. The van der Waals surface area contributed by atoms with Gasteiger partial charge in [0, 0.05) is 43.1 Å². The number of para-hydroxylation sites is 2. The summed E-state index contributed by atoms with van der Waals surface area (Å²) in [5, 5.41) is 0. The van der Waals surface area contributed by atoms with Crippen LogP contribution in [-0.2, 0) is 0 Å². The number of aromatic nitrogens is 2. The molecule has 0 saturated carbocycles. The molecule has 5 nitrogen and oxygen atoms in total. The van der Waals surface area contributed by atoms with Crippen molar-refractivity contribution in [3.8, 4) is 5.69 Å². The molecule has 4 aromatic rings. The molecule has 1 aromatic heterocycles. The fourth-order valence-electron chi connectivity index (χ4n) is 4.10. The molecule has 1 aliphatic heterocycles. The van der Waals surface area contributed by atoms with Crippen molar-refractivity contribution in [2.75, 3.05) is 31.1 Å². The fourth-order valence-corrected chi connectivity index (χ4v) is 4.10. The van der Waals surface area contributed by atoms with Crippen LogP contribution in [0.2, 0.25) is 0 Å². The lowest BCUT2D eigenvalue weighted by atomic mass is 10.1. The second kappa shape index (κ2) is 7.67. The largest absolute Gasteiger partial charge is 0.368 e. The Morgan fingerprint density at radius 3 is 2.37 bits per heavy atom. The van der Waals surface area contributed by atoms with Crippen LogP contribution in [0.4, 0.5) is 5.69 Å². The summed E-state index contributed by atoms with van der Waals surface area (Å²) >= 11 is 0. The fraction of sp³-hybridized carbons (Fsp3) is 0.200. The van der Waals surface area contributed by atoms with E-state index in [1.807, 2.05) is 58.3 Å². The third-order valence-corrected chi connectivity index (χ3v) is 5.78. The van der Waals surface area contributed by atoms with E-state index in [0.29, 0.717) is 0 Å². The molecule has 0 atom stereocenters. The maximum absolute atomic E-state index is 13.0. The van der Waals surface area contributed by atoms with Crippen molar-refractivity contribution in [2.45, 2.75) is 6.92 Å². The van der Waals surface area contributed by atoms with Gasteiger partial charge in [0.05, 0.1) is 11.0 Å². The van der Waals surface area contributed by atoms with Crippen molar-refractivity contribution in [3.63, 3.8) is 0 Å². The molecule has 0 radical (unpaired) electrons. The first-order valence-electron chi connectivity index (χ1n) is 10.3. The van der Waals surface area contributed by atoms with Gasteiger partial charge in [-0.05, 0) is 61.0 Å². The van der Waals surface area contributed by atoms with Crippen molar-refractivity contribution in [2.24, 2.45) is 0 Å². The lowest BCUT2D eigenvalue weighted by Crippen LogP contribution is -2.48. The van der Waals surface area contributed by atoms with Crippen LogP contribution < -0.4 is 4.90 Å². The molecule has 0 unspecified atom stereocenters. The number of fused-ring (bicyclic) bond motifs is 1. The molecule has 0 spiro atoms. The number of hydrogen-bond donors (Lipinski definition) is 0. The molecule has 0 bridgehead atoms. The van der Waals surface area contributed by atoms with Gasteiger partial charge in [0.2, 0.25) is 0 Å². The van der Waals surface area contributed by atoms with E-state index in [-0.39, 0.29) is 5.91 Å². The van der Waals surface area contributed by atoms with E-state index < -0.39 is 0 Å². The molecule has 1 aliphatic rings. The lowest BCUT2D eigenvalue weighted by Gasteiger charge is -2.36. The van der Waals surface area contributed by atoms with Crippen molar-refractivity contribution >= 4 is 22.6 Å². The van der Waals surface area contributed by atoms with Crippen LogP contribution in [0.3, 0.4) is 0 Å². The number of carbonyl (C=O) groups is 1. The van der Waals surface area contributed by atoms with Gasteiger partial charge in [-0.3, -0.25) is 9.36 Å². The first-order valence-corrected chi connectivity index (χ1v) is 10.3. The molecule has 150 valence electrons.